The zero-order valence-corrected chi connectivity index (χ0v) is 10.7. The van der Waals surface area contributed by atoms with Gasteiger partial charge in [0.25, 0.3) is 0 Å². The van der Waals surface area contributed by atoms with Crippen molar-refractivity contribution in [2.24, 2.45) is 4.99 Å². The number of hydrogen-bond donors (Lipinski definition) is 1. The molecule has 3 nitrogen and oxygen atoms in total. The maximum atomic E-state index is 4.60. The summed E-state index contributed by atoms with van der Waals surface area (Å²) in [6, 6.07) is 2.50. The first-order valence-corrected chi connectivity index (χ1v) is 6.44. The van der Waals surface area contributed by atoms with Gasteiger partial charge in [0.2, 0.25) is 0 Å². The Balaban J connectivity index is 2.10. The van der Waals surface area contributed by atoms with Gasteiger partial charge in [-0.05, 0) is 31.9 Å². The summed E-state index contributed by atoms with van der Waals surface area (Å²) < 4.78 is 0. The van der Waals surface area contributed by atoms with Gasteiger partial charge in [-0.15, -0.1) is 0 Å². The Bertz CT molecular complexity index is 403. The Hall–Kier alpha value is -1.03. The molecule has 0 saturated carbocycles. The second-order valence-corrected chi connectivity index (χ2v) is 5.75. The van der Waals surface area contributed by atoms with Gasteiger partial charge in [-0.25, -0.2) is 0 Å². The van der Waals surface area contributed by atoms with E-state index in [0.29, 0.717) is 11.3 Å². The topological polar surface area (TPSA) is 37.3 Å². The number of rotatable bonds is 1. The summed E-state index contributed by atoms with van der Waals surface area (Å²) in [4.78, 5) is 8.76. The number of amidine groups is 1. The number of nitrogens with one attached hydrogen (secondary N) is 1. The fourth-order valence-electron chi connectivity index (χ4n) is 1.81. The van der Waals surface area contributed by atoms with Crippen molar-refractivity contribution < 1.29 is 0 Å². The number of nitrogens with zero attached hydrogens (tertiary/aromatic N) is 2. The third kappa shape index (κ3) is 2.98. The molecule has 0 aliphatic carbocycles. The summed E-state index contributed by atoms with van der Waals surface area (Å²) in [5.41, 5.74) is 2.18. The predicted molar refractivity (Wildman–Crippen MR) is 71.2 cm³/mol. The SMILES string of the molecule is Cc1cncc(NC2=NC(C)CC(C)S2)c1. The maximum absolute atomic E-state index is 4.60. The highest BCUT2D eigenvalue weighted by atomic mass is 32.2. The van der Waals surface area contributed by atoms with E-state index in [4.69, 9.17) is 0 Å². The Morgan fingerprint density at radius 3 is 2.88 bits per heavy atom. The van der Waals surface area contributed by atoms with Crippen LogP contribution in [-0.2, 0) is 0 Å². The third-order valence-corrected chi connectivity index (χ3v) is 3.48. The van der Waals surface area contributed by atoms with Crippen molar-refractivity contribution in [2.75, 3.05) is 5.32 Å². The molecule has 0 fully saturated rings. The second kappa shape index (κ2) is 4.87. The summed E-state index contributed by atoms with van der Waals surface area (Å²) in [5.74, 6) is 0. The molecular formula is C12H17N3S. The Morgan fingerprint density at radius 2 is 2.19 bits per heavy atom. The van der Waals surface area contributed by atoms with E-state index in [1.54, 1.807) is 11.8 Å². The van der Waals surface area contributed by atoms with Crippen molar-refractivity contribution in [3.63, 3.8) is 0 Å². The largest absolute Gasteiger partial charge is 0.334 e. The molecule has 2 atom stereocenters. The van der Waals surface area contributed by atoms with Crippen LogP contribution in [0.4, 0.5) is 5.69 Å². The summed E-state index contributed by atoms with van der Waals surface area (Å²) in [6.45, 7) is 6.44. The number of aliphatic imine (C=N–C) groups is 1. The fourth-order valence-corrected chi connectivity index (χ4v) is 2.98. The van der Waals surface area contributed by atoms with Crippen LogP contribution in [0.5, 0.6) is 0 Å². The molecule has 4 heteroatoms. The van der Waals surface area contributed by atoms with Crippen molar-refractivity contribution >= 4 is 22.6 Å². The fraction of sp³-hybridized carbons (Fsp3) is 0.500. The molecule has 2 heterocycles. The molecule has 2 unspecified atom stereocenters. The second-order valence-electron chi connectivity index (χ2n) is 4.32. The molecule has 1 N–H and O–H groups in total. The van der Waals surface area contributed by atoms with Gasteiger partial charge >= 0.3 is 0 Å². The summed E-state index contributed by atoms with van der Waals surface area (Å²) in [7, 11) is 0. The molecule has 0 aromatic carbocycles. The van der Waals surface area contributed by atoms with Crippen LogP contribution in [0.15, 0.2) is 23.5 Å². The number of thioether (sulfide) groups is 1. The highest BCUT2D eigenvalue weighted by Crippen LogP contribution is 2.25. The number of hydrogen-bond acceptors (Lipinski definition) is 4. The van der Waals surface area contributed by atoms with Gasteiger partial charge in [0.15, 0.2) is 5.17 Å². The highest BCUT2D eigenvalue weighted by Gasteiger charge is 2.18. The maximum Gasteiger partial charge on any atom is 0.161 e. The van der Waals surface area contributed by atoms with Crippen LogP contribution < -0.4 is 5.32 Å². The van der Waals surface area contributed by atoms with Crippen LogP contribution in [0.25, 0.3) is 0 Å². The Kier molecular flexibility index (Phi) is 3.49. The lowest BCUT2D eigenvalue weighted by Gasteiger charge is -2.22. The van der Waals surface area contributed by atoms with Crippen LogP contribution >= 0.6 is 11.8 Å². The van der Waals surface area contributed by atoms with Crippen molar-refractivity contribution in [3.05, 3.63) is 24.0 Å². The minimum atomic E-state index is 0.413. The smallest absolute Gasteiger partial charge is 0.161 e. The third-order valence-electron chi connectivity index (χ3n) is 2.45. The average molecular weight is 235 g/mol. The molecule has 86 valence electrons. The molecule has 1 aliphatic heterocycles. The van der Waals surface area contributed by atoms with E-state index >= 15 is 0 Å². The molecule has 2 rings (SSSR count). The van der Waals surface area contributed by atoms with Gasteiger partial charge in [-0.2, -0.15) is 0 Å². The van der Waals surface area contributed by atoms with E-state index in [9.17, 15) is 0 Å². The van der Waals surface area contributed by atoms with Crippen molar-refractivity contribution in [3.8, 4) is 0 Å². The van der Waals surface area contributed by atoms with Crippen LogP contribution in [0.2, 0.25) is 0 Å². The zero-order valence-electron chi connectivity index (χ0n) is 9.90. The summed E-state index contributed by atoms with van der Waals surface area (Å²) in [6.07, 6.45) is 4.84. The normalized spacial score (nSPS) is 25.1. The average Bonchev–Trinajstić information content (AvgIpc) is 2.15. The minimum absolute atomic E-state index is 0.413. The summed E-state index contributed by atoms with van der Waals surface area (Å²) in [5, 5.41) is 4.98. The minimum Gasteiger partial charge on any atom is -0.334 e. The van der Waals surface area contributed by atoms with Crippen molar-refractivity contribution in [1.29, 1.82) is 0 Å². The molecule has 0 spiro atoms. The molecule has 0 amide bonds. The van der Waals surface area contributed by atoms with E-state index in [1.165, 1.54) is 0 Å². The van der Waals surface area contributed by atoms with Gasteiger partial charge in [-0.3, -0.25) is 9.98 Å². The van der Waals surface area contributed by atoms with E-state index in [2.05, 4.69) is 35.2 Å². The van der Waals surface area contributed by atoms with Crippen LogP contribution in [-0.4, -0.2) is 21.4 Å². The van der Waals surface area contributed by atoms with Crippen LogP contribution in [0.1, 0.15) is 25.8 Å². The molecule has 0 saturated heterocycles. The number of anilines is 1. The standard InChI is InChI=1S/C12H17N3S/c1-8-4-11(7-13-6-8)15-12-14-9(2)5-10(3)16-12/h4,6-7,9-10H,5H2,1-3H3,(H,14,15). The van der Waals surface area contributed by atoms with Gasteiger partial charge in [0.1, 0.15) is 0 Å². The lowest BCUT2D eigenvalue weighted by Crippen LogP contribution is -2.22. The molecule has 0 bridgehead atoms. The van der Waals surface area contributed by atoms with Gasteiger partial charge < -0.3 is 5.32 Å². The molecule has 1 aromatic heterocycles. The monoisotopic (exact) mass is 235 g/mol. The van der Waals surface area contributed by atoms with E-state index in [1.807, 2.05) is 19.3 Å². The van der Waals surface area contributed by atoms with E-state index < -0.39 is 0 Å². The van der Waals surface area contributed by atoms with Crippen LogP contribution in [0, 0.1) is 6.92 Å². The van der Waals surface area contributed by atoms with Gasteiger partial charge in [0.05, 0.1) is 17.9 Å². The molecule has 16 heavy (non-hydrogen) atoms. The number of aromatic nitrogens is 1. The quantitative estimate of drug-likeness (QED) is 0.813. The van der Waals surface area contributed by atoms with Gasteiger partial charge in [-0.1, -0.05) is 18.7 Å². The van der Waals surface area contributed by atoms with Crippen LogP contribution in [0.3, 0.4) is 0 Å². The number of aryl methyl sites for hydroxylation is 1. The van der Waals surface area contributed by atoms with Crippen molar-refractivity contribution in [1.82, 2.24) is 4.98 Å². The number of pyridine rings is 1. The zero-order chi connectivity index (χ0) is 11.5. The Morgan fingerprint density at radius 1 is 1.38 bits per heavy atom. The lowest BCUT2D eigenvalue weighted by atomic mass is 10.2. The highest BCUT2D eigenvalue weighted by molar-refractivity contribution is 8.14. The van der Waals surface area contributed by atoms with E-state index in [0.717, 1.165) is 22.8 Å². The molecule has 1 aromatic rings. The molecule has 1 aliphatic rings. The van der Waals surface area contributed by atoms with Crippen molar-refractivity contribution in [2.45, 2.75) is 38.5 Å². The molecule has 0 radical (unpaired) electrons. The first kappa shape index (κ1) is 11.5. The lowest BCUT2D eigenvalue weighted by molar-refractivity contribution is 0.661. The first-order chi connectivity index (χ1) is 7.63. The predicted octanol–water partition coefficient (Wildman–Crippen LogP) is 3.07. The Labute approximate surface area is 101 Å². The first-order valence-electron chi connectivity index (χ1n) is 5.56. The van der Waals surface area contributed by atoms with Gasteiger partial charge in [0, 0.05) is 11.4 Å². The summed E-state index contributed by atoms with van der Waals surface area (Å²) >= 11 is 1.80. The molecular weight excluding hydrogens is 218 g/mol. The van der Waals surface area contributed by atoms with E-state index in [-0.39, 0.29) is 0 Å².